The fraction of sp³-hybridized carbons (Fsp3) is 0.500. The SMILES string of the molecule is CCCSC1=CC(O)c2c(c(CC)nc3c2c(=O)n(C)c(=O)n3C)C1O. The van der Waals surface area contributed by atoms with E-state index in [9.17, 15) is 19.8 Å². The minimum atomic E-state index is -1.03. The van der Waals surface area contributed by atoms with Crippen molar-refractivity contribution in [1.82, 2.24) is 14.1 Å². The third-order valence-electron chi connectivity index (χ3n) is 4.71. The zero-order chi connectivity index (χ0) is 19.2. The van der Waals surface area contributed by atoms with E-state index in [0.717, 1.165) is 16.7 Å². The van der Waals surface area contributed by atoms with Gasteiger partial charge >= 0.3 is 5.69 Å². The first-order chi connectivity index (χ1) is 12.3. The fourth-order valence-electron chi connectivity index (χ4n) is 3.38. The summed E-state index contributed by atoms with van der Waals surface area (Å²) in [5.74, 6) is 0.823. The topological polar surface area (TPSA) is 97.4 Å². The van der Waals surface area contributed by atoms with Gasteiger partial charge in [-0.2, -0.15) is 0 Å². The van der Waals surface area contributed by atoms with Gasteiger partial charge in [-0.3, -0.25) is 13.9 Å². The van der Waals surface area contributed by atoms with Gasteiger partial charge in [0.15, 0.2) is 0 Å². The summed E-state index contributed by atoms with van der Waals surface area (Å²) in [6, 6.07) is 0. The maximum absolute atomic E-state index is 12.8. The van der Waals surface area contributed by atoms with Crippen LogP contribution in [0, 0.1) is 0 Å². The van der Waals surface area contributed by atoms with Gasteiger partial charge in [0.25, 0.3) is 5.56 Å². The standard InChI is InChI=1S/C18H23N3O4S/c1-5-7-26-11-8-10(22)13-12(15(11)23)9(6-2)19-16-14(13)17(24)21(4)18(25)20(16)3/h8,10,15,22-23H,5-7H2,1-4H3. The van der Waals surface area contributed by atoms with E-state index >= 15 is 0 Å². The van der Waals surface area contributed by atoms with Crippen LogP contribution in [0.3, 0.4) is 0 Å². The Morgan fingerprint density at radius 1 is 1.15 bits per heavy atom. The van der Waals surface area contributed by atoms with E-state index in [0.29, 0.717) is 28.1 Å². The molecule has 0 saturated heterocycles. The molecule has 0 amide bonds. The number of hydrogen-bond acceptors (Lipinski definition) is 6. The molecule has 0 saturated carbocycles. The van der Waals surface area contributed by atoms with Crippen molar-refractivity contribution in [2.75, 3.05) is 5.75 Å². The second-order valence-electron chi connectivity index (χ2n) is 6.41. The van der Waals surface area contributed by atoms with Crippen LogP contribution in [0.4, 0.5) is 0 Å². The van der Waals surface area contributed by atoms with Crippen molar-refractivity contribution < 1.29 is 10.2 Å². The predicted molar refractivity (Wildman–Crippen MR) is 102 cm³/mol. The Balaban J connectivity index is 2.41. The highest BCUT2D eigenvalue weighted by Gasteiger charge is 2.33. The Bertz CT molecular complexity index is 1020. The third kappa shape index (κ3) is 2.72. The van der Waals surface area contributed by atoms with E-state index in [4.69, 9.17) is 0 Å². The summed E-state index contributed by atoms with van der Waals surface area (Å²) in [6.45, 7) is 3.94. The molecule has 2 aromatic rings. The van der Waals surface area contributed by atoms with Crippen LogP contribution < -0.4 is 11.2 Å². The highest BCUT2D eigenvalue weighted by atomic mass is 32.2. The van der Waals surface area contributed by atoms with E-state index in [2.05, 4.69) is 4.98 Å². The minimum absolute atomic E-state index is 0.184. The number of nitrogens with zero attached hydrogens (tertiary/aromatic N) is 3. The van der Waals surface area contributed by atoms with Crippen molar-refractivity contribution in [3.63, 3.8) is 0 Å². The molecule has 2 N–H and O–H groups in total. The molecule has 7 nitrogen and oxygen atoms in total. The van der Waals surface area contributed by atoms with Crippen LogP contribution in [-0.4, -0.2) is 30.1 Å². The number of rotatable bonds is 4. The lowest BCUT2D eigenvalue weighted by atomic mass is 9.88. The third-order valence-corrected chi connectivity index (χ3v) is 6.02. The number of aliphatic hydroxyl groups is 2. The van der Waals surface area contributed by atoms with Gasteiger partial charge in [0, 0.05) is 35.8 Å². The van der Waals surface area contributed by atoms with E-state index in [1.165, 1.54) is 23.4 Å². The molecular weight excluding hydrogens is 354 g/mol. The quantitative estimate of drug-likeness (QED) is 0.834. The molecule has 26 heavy (non-hydrogen) atoms. The number of aliphatic hydroxyl groups excluding tert-OH is 2. The van der Waals surface area contributed by atoms with Crippen LogP contribution in [0.2, 0.25) is 0 Å². The molecule has 8 heteroatoms. The second-order valence-corrected chi connectivity index (χ2v) is 7.58. The van der Waals surface area contributed by atoms with Crippen LogP contribution in [0.25, 0.3) is 11.0 Å². The molecule has 1 aliphatic rings. The summed E-state index contributed by atoms with van der Waals surface area (Å²) in [5.41, 5.74) is 0.681. The molecule has 2 atom stereocenters. The predicted octanol–water partition coefficient (Wildman–Crippen LogP) is 1.30. The van der Waals surface area contributed by atoms with Crippen LogP contribution >= 0.6 is 11.8 Å². The molecule has 140 valence electrons. The van der Waals surface area contributed by atoms with Crippen molar-refractivity contribution in [1.29, 1.82) is 0 Å². The molecule has 0 aromatic carbocycles. The number of aromatic nitrogens is 3. The van der Waals surface area contributed by atoms with Crippen molar-refractivity contribution in [2.45, 2.75) is 38.9 Å². The van der Waals surface area contributed by atoms with Gasteiger partial charge in [-0.1, -0.05) is 13.8 Å². The van der Waals surface area contributed by atoms with E-state index < -0.39 is 23.5 Å². The number of fused-ring (bicyclic) bond motifs is 3. The van der Waals surface area contributed by atoms with Crippen LogP contribution in [-0.2, 0) is 20.5 Å². The summed E-state index contributed by atoms with van der Waals surface area (Å²) in [7, 11) is 2.95. The first-order valence-electron chi connectivity index (χ1n) is 8.66. The van der Waals surface area contributed by atoms with Gasteiger partial charge in [-0.15, -0.1) is 11.8 Å². The molecule has 0 fully saturated rings. The minimum Gasteiger partial charge on any atom is -0.384 e. The number of aryl methyl sites for hydroxylation is 2. The van der Waals surface area contributed by atoms with Gasteiger partial charge in [-0.05, 0) is 24.7 Å². The maximum atomic E-state index is 12.8. The summed E-state index contributed by atoms with van der Waals surface area (Å²) < 4.78 is 2.31. The average molecular weight is 377 g/mol. The van der Waals surface area contributed by atoms with E-state index in [1.54, 1.807) is 13.1 Å². The average Bonchev–Trinajstić information content (AvgIpc) is 2.64. The Morgan fingerprint density at radius 2 is 1.85 bits per heavy atom. The summed E-state index contributed by atoms with van der Waals surface area (Å²) in [5, 5.41) is 21.9. The molecule has 0 radical (unpaired) electrons. The van der Waals surface area contributed by atoms with Gasteiger partial charge < -0.3 is 10.2 Å². The monoisotopic (exact) mass is 377 g/mol. The largest absolute Gasteiger partial charge is 0.384 e. The first kappa shape index (κ1) is 18.9. The van der Waals surface area contributed by atoms with Crippen LogP contribution in [0.1, 0.15) is 49.3 Å². The second kappa shape index (κ2) is 7.02. The zero-order valence-corrected chi connectivity index (χ0v) is 16.1. The molecule has 2 heterocycles. The molecular formula is C18H23N3O4S. The molecule has 2 unspecified atom stereocenters. The van der Waals surface area contributed by atoms with Crippen molar-refractivity contribution >= 4 is 22.8 Å². The molecule has 3 rings (SSSR count). The molecule has 2 aromatic heterocycles. The van der Waals surface area contributed by atoms with Crippen LogP contribution in [0.5, 0.6) is 0 Å². The van der Waals surface area contributed by atoms with Gasteiger partial charge in [-0.25, -0.2) is 9.78 Å². The van der Waals surface area contributed by atoms with Crippen molar-refractivity contribution in [3.8, 4) is 0 Å². The Hall–Kier alpha value is -1.90. The van der Waals surface area contributed by atoms with Crippen LogP contribution in [0.15, 0.2) is 20.6 Å². The Morgan fingerprint density at radius 3 is 2.46 bits per heavy atom. The van der Waals surface area contributed by atoms with Gasteiger partial charge in [0.05, 0.1) is 11.5 Å². The highest BCUT2D eigenvalue weighted by molar-refractivity contribution is 8.03. The number of thioether (sulfide) groups is 1. The smallest absolute Gasteiger partial charge is 0.332 e. The lowest BCUT2D eigenvalue weighted by molar-refractivity contribution is 0.185. The maximum Gasteiger partial charge on any atom is 0.332 e. The summed E-state index contributed by atoms with van der Waals surface area (Å²) >= 11 is 1.50. The summed E-state index contributed by atoms with van der Waals surface area (Å²) in [6.07, 6.45) is 1.08. The lowest BCUT2D eigenvalue weighted by Gasteiger charge is -2.29. The van der Waals surface area contributed by atoms with E-state index in [-0.39, 0.29) is 11.0 Å². The van der Waals surface area contributed by atoms with E-state index in [1.807, 2.05) is 13.8 Å². The van der Waals surface area contributed by atoms with Gasteiger partial charge in [0.2, 0.25) is 0 Å². The lowest BCUT2D eigenvalue weighted by Crippen LogP contribution is -2.38. The molecule has 0 aliphatic heterocycles. The zero-order valence-electron chi connectivity index (χ0n) is 15.3. The van der Waals surface area contributed by atoms with Crippen molar-refractivity contribution in [2.24, 2.45) is 14.1 Å². The number of pyridine rings is 1. The Kier molecular flexibility index (Phi) is 5.09. The van der Waals surface area contributed by atoms with Gasteiger partial charge in [0.1, 0.15) is 11.8 Å². The molecule has 1 aliphatic carbocycles. The molecule has 0 bridgehead atoms. The first-order valence-corrected chi connectivity index (χ1v) is 9.64. The molecule has 0 spiro atoms. The van der Waals surface area contributed by atoms with Crippen molar-refractivity contribution in [3.05, 3.63) is 48.6 Å². The Labute approximate surface area is 155 Å². The fourth-order valence-corrected chi connectivity index (χ4v) is 4.32. The highest BCUT2D eigenvalue weighted by Crippen LogP contribution is 2.43. The number of hydrogen-bond donors (Lipinski definition) is 2. The summed E-state index contributed by atoms with van der Waals surface area (Å²) in [4.78, 5) is 30.2. The normalized spacial score (nSPS) is 19.5.